The number of aliphatic hydroxyl groups is 2. The second kappa shape index (κ2) is 6.41. The highest BCUT2D eigenvalue weighted by atomic mass is 16.3. The van der Waals surface area contributed by atoms with E-state index in [1.54, 1.807) is 0 Å². The minimum absolute atomic E-state index is 0.267. The summed E-state index contributed by atoms with van der Waals surface area (Å²) < 4.78 is 0. The van der Waals surface area contributed by atoms with E-state index >= 15 is 0 Å². The second-order valence-corrected chi connectivity index (χ2v) is 4.64. The molecule has 2 nitrogen and oxygen atoms in total. The molecule has 0 aromatic heterocycles. The summed E-state index contributed by atoms with van der Waals surface area (Å²) in [6, 6.07) is 0. The Bertz CT molecular complexity index is 141. The predicted octanol–water partition coefficient (Wildman–Crippen LogP) is 2.48. The molecule has 1 rings (SSSR count). The fourth-order valence-electron chi connectivity index (χ4n) is 2.44. The molecule has 0 heterocycles. The molecule has 0 saturated heterocycles. The van der Waals surface area contributed by atoms with E-state index in [9.17, 15) is 10.2 Å². The van der Waals surface area contributed by atoms with Gasteiger partial charge in [0.15, 0.2) is 0 Å². The largest absolute Gasteiger partial charge is 0.393 e. The van der Waals surface area contributed by atoms with Crippen molar-refractivity contribution in [3.63, 3.8) is 0 Å². The molecule has 2 atom stereocenters. The molecule has 0 amide bonds. The van der Waals surface area contributed by atoms with E-state index in [-0.39, 0.29) is 12.2 Å². The normalized spacial score (nSPS) is 23.4. The predicted molar refractivity (Wildman–Crippen MR) is 58.1 cm³/mol. The smallest absolute Gasteiger partial charge is 0.0593 e. The SMILES string of the molecule is CCCC(O)CC(O)C1CCCCC1. The Kier molecular flexibility index (Phi) is 5.49. The number of hydrogen-bond acceptors (Lipinski definition) is 2. The molecule has 1 fully saturated rings. The molecule has 0 aliphatic heterocycles. The van der Waals surface area contributed by atoms with Gasteiger partial charge in [0.2, 0.25) is 0 Å². The monoisotopic (exact) mass is 200 g/mol. The van der Waals surface area contributed by atoms with Crippen LogP contribution in [0.1, 0.15) is 58.3 Å². The van der Waals surface area contributed by atoms with Gasteiger partial charge >= 0.3 is 0 Å². The maximum absolute atomic E-state index is 9.91. The van der Waals surface area contributed by atoms with Crippen LogP contribution in [0.25, 0.3) is 0 Å². The lowest BCUT2D eigenvalue weighted by Crippen LogP contribution is -2.27. The van der Waals surface area contributed by atoms with E-state index in [1.807, 2.05) is 0 Å². The molecule has 1 saturated carbocycles. The Morgan fingerprint density at radius 1 is 1.14 bits per heavy atom. The van der Waals surface area contributed by atoms with Gasteiger partial charge in [-0.25, -0.2) is 0 Å². The quantitative estimate of drug-likeness (QED) is 0.715. The number of rotatable bonds is 5. The van der Waals surface area contributed by atoms with Crippen LogP contribution in [-0.4, -0.2) is 22.4 Å². The molecule has 0 aromatic carbocycles. The Balaban J connectivity index is 2.21. The summed E-state index contributed by atoms with van der Waals surface area (Å²) in [4.78, 5) is 0. The van der Waals surface area contributed by atoms with Gasteiger partial charge < -0.3 is 10.2 Å². The average molecular weight is 200 g/mol. The minimum atomic E-state index is -0.295. The summed E-state index contributed by atoms with van der Waals surface area (Å²) in [5.74, 6) is 0.454. The van der Waals surface area contributed by atoms with E-state index in [2.05, 4.69) is 6.92 Å². The van der Waals surface area contributed by atoms with Crippen LogP contribution in [0, 0.1) is 5.92 Å². The highest BCUT2D eigenvalue weighted by Crippen LogP contribution is 2.28. The first-order valence-electron chi connectivity index (χ1n) is 6.10. The topological polar surface area (TPSA) is 40.5 Å². The maximum Gasteiger partial charge on any atom is 0.0593 e. The van der Waals surface area contributed by atoms with Crippen molar-refractivity contribution in [2.75, 3.05) is 0 Å². The third-order valence-electron chi connectivity index (χ3n) is 3.33. The number of hydrogen-bond donors (Lipinski definition) is 2. The van der Waals surface area contributed by atoms with Crippen LogP contribution in [0.2, 0.25) is 0 Å². The Labute approximate surface area is 87.3 Å². The molecular weight excluding hydrogens is 176 g/mol. The molecule has 2 unspecified atom stereocenters. The first-order chi connectivity index (χ1) is 6.74. The first-order valence-corrected chi connectivity index (χ1v) is 6.10. The van der Waals surface area contributed by atoms with Crippen molar-refractivity contribution < 1.29 is 10.2 Å². The van der Waals surface area contributed by atoms with Crippen molar-refractivity contribution in [1.29, 1.82) is 0 Å². The highest BCUT2D eigenvalue weighted by Gasteiger charge is 2.23. The summed E-state index contributed by atoms with van der Waals surface area (Å²) in [5.41, 5.74) is 0. The van der Waals surface area contributed by atoms with E-state index in [0.29, 0.717) is 12.3 Å². The van der Waals surface area contributed by atoms with E-state index in [4.69, 9.17) is 0 Å². The lowest BCUT2D eigenvalue weighted by atomic mass is 9.83. The lowest BCUT2D eigenvalue weighted by Gasteiger charge is -2.27. The standard InChI is InChI=1S/C12H24O2/c1-2-6-11(13)9-12(14)10-7-4-3-5-8-10/h10-14H,2-9H2,1H3. The molecular formula is C12H24O2. The zero-order chi connectivity index (χ0) is 10.4. The Morgan fingerprint density at radius 3 is 2.36 bits per heavy atom. The van der Waals surface area contributed by atoms with Crippen LogP contribution in [0.3, 0.4) is 0 Å². The zero-order valence-corrected chi connectivity index (χ0v) is 9.28. The van der Waals surface area contributed by atoms with Gasteiger partial charge in [-0.2, -0.15) is 0 Å². The Morgan fingerprint density at radius 2 is 1.79 bits per heavy atom. The molecule has 1 aliphatic carbocycles. The average Bonchev–Trinajstić information content (AvgIpc) is 2.19. The third kappa shape index (κ3) is 3.97. The molecule has 84 valence electrons. The van der Waals surface area contributed by atoms with E-state index < -0.39 is 0 Å². The molecule has 0 bridgehead atoms. The van der Waals surface area contributed by atoms with Crippen LogP contribution < -0.4 is 0 Å². The molecule has 0 radical (unpaired) electrons. The summed E-state index contributed by atoms with van der Waals surface area (Å²) in [5, 5.41) is 19.5. The molecule has 0 aromatic rings. The molecule has 2 N–H and O–H groups in total. The molecule has 1 aliphatic rings. The zero-order valence-electron chi connectivity index (χ0n) is 9.28. The van der Waals surface area contributed by atoms with Gasteiger partial charge in [0, 0.05) is 0 Å². The summed E-state index contributed by atoms with van der Waals surface area (Å²) >= 11 is 0. The van der Waals surface area contributed by atoms with Gasteiger partial charge in [-0.1, -0.05) is 32.6 Å². The van der Waals surface area contributed by atoms with Crippen molar-refractivity contribution in [2.45, 2.75) is 70.5 Å². The van der Waals surface area contributed by atoms with Crippen LogP contribution in [0.5, 0.6) is 0 Å². The Hall–Kier alpha value is -0.0800. The van der Waals surface area contributed by atoms with Gasteiger partial charge in [-0.15, -0.1) is 0 Å². The van der Waals surface area contributed by atoms with Crippen LogP contribution in [-0.2, 0) is 0 Å². The lowest BCUT2D eigenvalue weighted by molar-refractivity contribution is 0.0281. The van der Waals surface area contributed by atoms with Crippen molar-refractivity contribution in [2.24, 2.45) is 5.92 Å². The molecule has 2 heteroatoms. The summed E-state index contributed by atoms with van der Waals surface area (Å²) in [6.45, 7) is 2.07. The van der Waals surface area contributed by atoms with Gasteiger partial charge in [0.1, 0.15) is 0 Å². The van der Waals surface area contributed by atoms with Crippen molar-refractivity contribution >= 4 is 0 Å². The van der Waals surface area contributed by atoms with Crippen molar-refractivity contribution in [3.8, 4) is 0 Å². The van der Waals surface area contributed by atoms with Gasteiger partial charge in [-0.3, -0.25) is 0 Å². The van der Waals surface area contributed by atoms with Crippen LogP contribution in [0.4, 0.5) is 0 Å². The van der Waals surface area contributed by atoms with Crippen LogP contribution in [0.15, 0.2) is 0 Å². The van der Waals surface area contributed by atoms with Crippen LogP contribution >= 0.6 is 0 Å². The number of aliphatic hydroxyl groups excluding tert-OH is 2. The van der Waals surface area contributed by atoms with Crippen molar-refractivity contribution in [3.05, 3.63) is 0 Å². The van der Waals surface area contributed by atoms with Crippen molar-refractivity contribution in [1.82, 2.24) is 0 Å². The fourth-order valence-corrected chi connectivity index (χ4v) is 2.44. The summed E-state index contributed by atoms with van der Waals surface area (Å²) in [6.07, 6.45) is 7.98. The molecule has 14 heavy (non-hydrogen) atoms. The first kappa shape index (κ1) is 12.0. The van der Waals surface area contributed by atoms with E-state index in [1.165, 1.54) is 19.3 Å². The second-order valence-electron chi connectivity index (χ2n) is 4.64. The van der Waals surface area contributed by atoms with Gasteiger partial charge in [0.25, 0.3) is 0 Å². The molecule has 0 spiro atoms. The minimum Gasteiger partial charge on any atom is -0.393 e. The van der Waals surface area contributed by atoms with Gasteiger partial charge in [-0.05, 0) is 31.6 Å². The summed E-state index contributed by atoms with van der Waals surface area (Å²) in [7, 11) is 0. The third-order valence-corrected chi connectivity index (χ3v) is 3.33. The fraction of sp³-hybridized carbons (Fsp3) is 1.00. The van der Waals surface area contributed by atoms with E-state index in [0.717, 1.165) is 25.7 Å². The van der Waals surface area contributed by atoms with Gasteiger partial charge in [0.05, 0.1) is 12.2 Å². The maximum atomic E-state index is 9.91. The highest BCUT2D eigenvalue weighted by molar-refractivity contribution is 4.75.